The topological polar surface area (TPSA) is 95.9 Å². The third-order valence-corrected chi connectivity index (χ3v) is 5.98. The van der Waals surface area contributed by atoms with E-state index in [0.717, 1.165) is 11.1 Å². The summed E-state index contributed by atoms with van der Waals surface area (Å²) >= 11 is 0. The van der Waals surface area contributed by atoms with E-state index in [4.69, 9.17) is 4.74 Å². The SMILES string of the molecule is O=C1CCCC=CC[C@H](CC(=O)N(CCO)Cc2ccccc2)C(=O)NC[C@H](c2ccccc2)O1. The minimum absolute atomic E-state index is 0.0266. The number of aliphatic hydroxyl groups is 1. The quantitative estimate of drug-likeness (QED) is 0.469. The van der Waals surface area contributed by atoms with E-state index < -0.39 is 12.0 Å². The highest BCUT2D eigenvalue weighted by Gasteiger charge is 2.26. The first kappa shape index (κ1) is 26.2. The summed E-state index contributed by atoms with van der Waals surface area (Å²) in [6.45, 7) is 0.549. The number of rotatable bonds is 7. The lowest BCUT2D eigenvalue weighted by Crippen LogP contribution is -2.39. The molecule has 7 heteroatoms. The number of allylic oxidation sites excluding steroid dienone is 2. The van der Waals surface area contributed by atoms with Crippen LogP contribution in [0.5, 0.6) is 0 Å². The smallest absolute Gasteiger partial charge is 0.306 e. The molecule has 2 aromatic carbocycles. The van der Waals surface area contributed by atoms with Gasteiger partial charge in [-0.3, -0.25) is 14.4 Å². The number of amides is 2. The van der Waals surface area contributed by atoms with Crippen molar-refractivity contribution in [3.63, 3.8) is 0 Å². The van der Waals surface area contributed by atoms with Gasteiger partial charge < -0.3 is 20.1 Å². The number of ether oxygens (including phenoxy) is 1. The summed E-state index contributed by atoms with van der Waals surface area (Å²) in [6, 6.07) is 18.9. The predicted molar refractivity (Wildman–Crippen MR) is 133 cm³/mol. The Kier molecular flexibility index (Phi) is 10.5. The van der Waals surface area contributed by atoms with Gasteiger partial charge in [-0.15, -0.1) is 0 Å². The summed E-state index contributed by atoms with van der Waals surface area (Å²) < 4.78 is 5.67. The van der Waals surface area contributed by atoms with Crippen molar-refractivity contribution in [3.05, 3.63) is 83.9 Å². The van der Waals surface area contributed by atoms with E-state index in [9.17, 15) is 19.5 Å². The summed E-state index contributed by atoms with van der Waals surface area (Å²) in [5, 5.41) is 12.4. The van der Waals surface area contributed by atoms with Crippen LogP contribution in [0, 0.1) is 5.92 Å². The molecule has 7 nitrogen and oxygen atoms in total. The zero-order chi connectivity index (χ0) is 24.9. The number of carbonyl (C=O) groups is 3. The van der Waals surface area contributed by atoms with Gasteiger partial charge in [0.05, 0.1) is 19.1 Å². The fourth-order valence-electron chi connectivity index (χ4n) is 4.03. The Morgan fingerprint density at radius 3 is 2.46 bits per heavy atom. The van der Waals surface area contributed by atoms with Gasteiger partial charge in [-0.1, -0.05) is 72.8 Å². The van der Waals surface area contributed by atoms with Gasteiger partial charge in [0.2, 0.25) is 11.8 Å². The molecule has 0 aliphatic carbocycles. The second-order valence-corrected chi connectivity index (χ2v) is 8.66. The van der Waals surface area contributed by atoms with Crippen molar-refractivity contribution in [1.29, 1.82) is 0 Å². The summed E-state index contributed by atoms with van der Waals surface area (Å²) in [5.41, 5.74) is 1.76. The van der Waals surface area contributed by atoms with Gasteiger partial charge in [0.15, 0.2) is 0 Å². The number of benzene rings is 2. The van der Waals surface area contributed by atoms with Gasteiger partial charge >= 0.3 is 5.97 Å². The molecule has 0 spiro atoms. The molecular formula is C28H34N2O5. The minimum Gasteiger partial charge on any atom is -0.456 e. The van der Waals surface area contributed by atoms with Crippen molar-refractivity contribution in [3.8, 4) is 0 Å². The van der Waals surface area contributed by atoms with Crippen LogP contribution in [0.1, 0.15) is 49.3 Å². The molecule has 0 radical (unpaired) electrons. The van der Waals surface area contributed by atoms with Crippen LogP contribution in [0.4, 0.5) is 0 Å². The van der Waals surface area contributed by atoms with E-state index >= 15 is 0 Å². The van der Waals surface area contributed by atoms with Gasteiger partial charge in [0, 0.05) is 25.9 Å². The van der Waals surface area contributed by atoms with E-state index in [1.54, 1.807) is 4.90 Å². The molecular weight excluding hydrogens is 444 g/mol. The lowest BCUT2D eigenvalue weighted by Gasteiger charge is -2.25. The van der Waals surface area contributed by atoms with Crippen LogP contribution in [0.15, 0.2) is 72.8 Å². The van der Waals surface area contributed by atoms with Gasteiger partial charge in [0.25, 0.3) is 0 Å². The number of carbonyl (C=O) groups excluding carboxylic acids is 3. The zero-order valence-corrected chi connectivity index (χ0v) is 20.0. The van der Waals surface area contributed by atoms with Crippen LogP contribution in [0.2, 0.25) is 0 Å². The number of nitrogens with zero attached hydrogens (tertiary/aromatic N) is 1. The van der Waals surface area contributed by atoms with E-state index in [-0.39, 0.29) is 43.9 Å². The standard InChI is InChI=1S/C28H34N2O5/c31-18-17-30(21-22-11-5-3-6-12-22)26(32)19-24-15-7-1-2-10-16-27(33)35-25(20-29-28(24)34)23-13-8-4-9-14-23/h1,3-9,11-14,24-25,31H,2,10,15-21H2,(H,29,34)/t24-,25-/m1/s1. The minimum atomic E-state index is -0.596. The van der Waals surface area contributed by atoms with Crippen LogP contribution < -0.4 is 5.32 Å². The number of hydrogen-bond donors (Lipinski definition) is 2. The van der Waals surface area contributed by atoms with E-state index in [1.807, 2.05) is 72.8 Å². The molecule has 2 aromatic rings. The molecule has 1 aliphatic rings. The molecule has 0 fully saturated rings. The highest BCUT2D eigenvalue weighted by molar-refractivity contribution is 5.86. The maximum Gasteiger partial charge on any atom is 0.306 e. The Morgan fingerprint density at radius 1 is 1.03 bits per heavy atom. The lowest BCUT2D eigenvalue weighted by molar-refractivity contribution is -0.150. The Balaban J connectivity index is 1.72. The summed E-state index contributed by atoms with van der Waals surface area (Å²) in [5.74, 6) is -1.31. The number of hydrogen-bond acceptors (Lipinski definition) is 5. The first-order valence-electron chi connectivity index (χ1n) is 12.2. The molecule has 0 saturated carbocycles. The third kappa shape index (κ3) is 8.68. The Bertz CT molecular complexity index is 977. The summed E-state index contributed by atoms with van der Waals surface area (Å²) in [6.07, 6.45) is 5.35. The first-order chi connectivity index (χ1) is 17.1. The van der Waals surface area contributed by atoms with Gasteiger partial charge in [-0.05, 0) is 30.4 Å². The second kappa shape index (κ2) is 14.1. The molecule has 1 aliphatic heterocycles. The molecule has 2 atom stereocenters. The van der Waals surface area contributed by atoms with Crippen molar-refractivity contribution in [1.82, 2.24) is 10.2 Å². The molecule has 3 rings (SSSR count). The molecule has 2 N–H and O–H groups in total. The van der Waals surface area contributed by atoms with Crippen LogP contribution in [0.25, 0.3) is 0 Å². The van der Waals surface area contributed by atoms with Crippen LogP contribution in [-0.4, -0.2) is 47.5 Å². The largest absolute Gasteiger partial charge is 0.456 e. The van der Waals surface area contributed by atoms with Crippen LogP contribution in [0.3, 0.4) is 0 Å². The van der Waals surface area contributed by atoms with E-state index in [0.29, 0.717) is 32.2 Å². The van der Waals surface area contributed by atoms with Crippen molar-refractivity contribution in [2.45, 2.75) is 44.8 Å². The Morgan fingerprint density at radius 2 is 1.74 bits per heavy atom. The maximum atomic E-state index is 13.2. The molecule has 186 valence electrons. The monoisotopic (exact) mass is 478 g/mol. The number of nitrogens with one attached hydrogen (secondary N) is 1. The Labute approximate surface area is 206 Å². The lowest BCUT2D eigenvalue weighted by atomic mass is 9.98. The summed E-state index contributed by atoms with van der Waals surface area (Å²) in [4.78, 5) is 40.2. The highest BCUT2D eigenvalue weighted by atomic mass is 16.5. The van der Waals surface area contributed by atoms with Gasteiger partial charge in [-0.2, -0.15) is 0 Å². The van der Waals surface area contributed by atoms with Crippen molar-refractivity contribution < 1.29 is 24.2 Å². The van der Waals surface area contributed by atoms with Crippen molar-refractivity contribution in [2.24, 2.45) is 5.92 Å². The molecule has 0 saturated heterocycles. The average Bonchev–Trinajstić information content (AvgIpc) is 2.89. The molecule has 0 aromatic heterocycles. The fourth-order valence-corrected chi connectivity index (χ4v) is 4.03. The predicted octanol–water partition coefficient (Wildman–Crippen LogP) is 3.54. The number of aliphatic hydroxyl groups excluding tert-OH is 1. The molecule has 35 heavy (non-hydrogen) atoms. The number of cyclic esters (lactones) is 1. The molecule has 0 unspecified atom stereocenters. The fraction of sp³-hybridized carbons (Fsp3) is 0.393. The molecule has 1 heterocycles. The van der Waals surface area contributed by atoms with E-state index in [2.05, 4.69) is 5.32 Å². The van der Waals surface area contributed by atoms with Gasteiger partial charge in [-0.25, -0.2) is 0 Å². The zero-order valence-electron chi connectivity index (χ0n) is 20.0. The van der Waals surface area contributed by atoms with Crippen LogP contribution >= 0.6 is 0 Å². The van der Waals surface area contributed by atoms with Gasteiger partial charge in [0.1, 0.15) is 6.10 Å². The second-order valence-electron chi connectivity index (χ2n) is 8.66. The maximum absolute atomic E-state index is 13.2. The number of esters is 1. The normalized spacial score (nSPS) is 19.5. The summed E-state index contributed by atoms with van der Waals surface area (Å²) in [7, 11) is 0. The average molecular weight is 479 g/mol. The van der Waals surface area contributed by atoms with Crippen LogP contribution in [-0.2, 0) is 25.7 Å². The third-order valence-electron chi connectivity index (χ3n) is 5.98. The molecule has 0 bridgehead atoms. The van der Waals surface area contributed by atoms with Crippen molar-refractivity contribution in [2.75, 3.05) is 19.7 Å². The molecule has 2 amide bonds. The Hall–Kier alpha value is -3.45. The van der Waals surface area contributed by atoms with Crippen molar-refractivity contribution >= 4 is 17.8 Å². The first-order valence-corrected chi connectivity index (χ1v) is 12.2. The highest BCUT2D eigenvalue weighted by Crippen LogP contribution is 2.20. The van der Waals surface area contributed by atoms with E-state index in [1.165, 1.54) is 0 Å².